The van der Waals surface area contributed by atoms with Gasteiger partial charge in [0.2, 0.25) is 0 Å². The second kappa shape index (κ2) is 15.6. The van der Waals surface area contributed by atoms with Crippen LogP contribution in [0.25, 0.3) is 56.4 Å². The van der Waals surface area contributed by atoms with Crippen molar-refractivity contribution in [3.63, 3.8) is 0 Å². The fourth-order valence-corrected chi connectivity index (χ4v) is 10.4. The summed E-state index contributed by atoms with van der Waals surface area (Å²) >= 11 is 0. The van der Waals surface area contributed by atoms with Crippen molar-refractivity contribution < 1.29 is 4.98 Å². The first kappa shape index (κ1) is 37.5. The molecule has 0 radical (unpaired) electrons. The lowest BCUT2D eigenvalue weighted by Gasteiger charge is -2.35. The van der Waals surface area contributed by atoms with Gasteiger partial charge < -0.3 is 4.90 Å². The molecule has 9 aromatic carbocycles. The average molecular weight is 819 g/mol. The van der Waals surface area contributed by atoms with Crippen molar-refractivity contribution in [2.45, 2.75) is 11.8 Å². The lowest BCUT2D eigenvalue weighted by atomic mass is 9.67. The highest BCUT2D eigenvalue weighted by Crippen LogP contribution is 2.57. The minimum Gasteiger partial charge on any atom is -0.310 e. The maximum atomic E-state index is 3.86. The SMILES string of the molecule is C1=CCc2c(N(c3ccc(-c4ccccc4)cc3)c3ccc4c(c3)C(c3ccccc3)(c3ccccc3)c3ccccc3-4)ccc(-c3[nH+]c4ccccc4n3-c3ccccc3)c2C=C1. The molecule has 302 valence electrons. The molecule has 1 heterocycles. The van der Waals surface area contributed by atoms with E-state index >= 15 is 0 Å². The number of anilines is 3. The van der Waals surface area contributed by atoms with Crippen LogP contribution in [-0.2, 0) is 11.8 Å². The van der Waals surface area contributed by atoms with E-state index < -0.39 is 5.41 Å². The van der Waals surface area contributed by atoms with Gasteiger partial charge in [0, 0.05) is 11.4 Å². The predicted octanol–water partition coefficient (Wildman–Crippen LogP) is 14.7. The zero-order valence-electron chi connectivity index (χ0n) is 35.3. The van der Waals surface area contributed by atoms with Gasteiger partial charge in [-0.2, -0.15) is 4.57 Å². The van der Waals surface area contributed by atoms with Crippen molar-refractivity contribution in [1.29, 1.82) is 0 Å². The Morgan fingerprint density at radius 3 is 1.81 bits per heavy atom. The molecule has 0 saturated heterocycles. The van der Waals surface area contributed by atoms with Gasteiger partial charge >= 0.3 is 0 Å². The number of rotatable bonds is 8. The third-order valence-electron chi connectivity index (χ3n) is 13.2. The van der Waals surface area contributed by atoms with Crippen molar-refractivity contribution in [3.05, 3.63) is 276 Å². The Kier molecular flexibility index (Phi) is 9.12. The van der Waals surface area contributed by atoms with Crippen LogP contribution in [0.3, 0.4) is 0 Å². The lowest BCUT2D eigenvalue weighted by Crippen LogP contribution is -2.28. The summed E-state index contributed by atoms with van der Waals surface area (Å²) in [5.74, 6) is 1.05. The molecule has 0 bridgehead atoms. The molecule has 2 aliphatic carbocycles. The number of H-pyrrole nitrogens is 1. The Morgan fingerprint density at radius 2 is 1.06 bits per heavy atom. The zero-order valence-corrected chi connectivity index (χ0v) is 35.3. The number of fused-ring (bicyclic) bond motifs is 5. The number of hydrogen-bond donors (Lipinski definition) is 0. The number of para-hydroxylation sites is 3. The number of nitrogens with zero attached hydrogens (tertiary/aromatic N) is 2. The van der Waals surface area contributed by atoms with Crippen LogP contribution < -0.4 is 9.88 Å². The Balaban J connectivity index is 1.11. The van der Waals surface area contributed by atoms with Gasteiger partial charge in [0.1, 0.15) is 5.69 Å². The molecular formula is C61H44N3+. The number of allylic oxidation sites excluding steroid dienone is 3. The molecule has 0 spiro atoms. The van der Waals surface area contributed by atoms with E-state index in [1.54, 1.807) is 0 Å². The number of aromatic nitrogens is 2. The summed E-state index contributed by atoms with van der Waals surface area (Å²) in [5, 5.41) is 0. The second-order valence-corrected chi connectivity index (χ2v) is 16.7. The highest BCUT2D eigenvalue weighted by Gasteiger charge is 2.46. The smallest absolute Gasteiger partial charge is 0.293 e. The van der Waals surface area contributed by atoms with Gasteiger partial charge in [-0.25, -0.2) is 4.98 Å². The van der Waals surface area contributed by atoms with E-state index in [2.05, 4.69) is 263 Å². The van der Waals surface area contributed by atoms with E-state index in [0.29, 0.717) is 0 Å². The molecule has 10 aromatic rings. The minimum absolute atomic E-state index is 0.528. The van der Waals surface area contributed by atoms with E-state index in [9.17, 15) is 0 Å². The number of aromatic amines is 1. The van der Waals surface area contributed by atoms with E-state index in [1.165, 1.54) is 55.6 Å². The number of benzene rings is 9. The summed E-state index contributed by atoms with van der Waals surface area (Å²) in [7, 11) is 0. The van der Waals surface area contributed by atoms with Gasteiger partial charge in [-0.1, -0.05) is 188 Å². The monoisotopic (exact) mass is 818 g/mol. The van der Waals surface area contributed by atoms with E-state index in [-0.39, 0.29) is 0 Å². The van der Waals surface area contributed by atoms with Gasteiger partial charge in [0.15, 0.2) is 11.0 Å². The van der Waals surface area contributed by atoms with Crippen molar-refractivity contribution in [2.24, 2.45) is 0 Å². The van der Waals surface area contributed by atoms with Crippen molar-refractivity contribution in [3.8, 4) is 39.3 Å². The van der Waals surface area contributed by atoms with Crippen LogP contribution in [0.2, 0.25) is 0 Å². The average Bonchev–Trinajstić information content (AvgIpc) is 3.77. The molecule has 12 rings (SSSR count). The third-order valence-corrected chi connectivity index (χ3v) is 13.2. The van der Waals surface area contributed by atoms with Crippen molar-refractivity contribution >= 4 is 34.2 Å². The molecule has 0 atom stereocenters. The van der Waals surface area contributed by atoms with E-state index in [4.69, 9.17) is 0 Å². The van der Waals surface area contributed by atoms with Gasteiger partial charge in [0.25, 0.3) is 5.82 Å². The summed E-state index contributed by atoms with van der Waals surface area (Å²) < 4.78 is 2.36. The highest BCUT2D eigenvalue weighted by molar-refractivity contribution is 5.92. The number of nitrogens with one attached hydrogen (secondary N) is 1. The lowest BCUT2D eigenvalue weighted by molar-refractivity contribution is -0.331. The van der Waals surface area contributed by atoms with Crippen LogP contribution in [0, 0.1) is 0 Å². The molecule has 0 saturated carbocycles. The first-order valence-corrected chi connectivity index (χ1v) is 22.2. The molecule has 1 aromatic heterocycles. The topological polar surface area (TPSA) is 22.3 Å². The quantitative estimate of drug-likeness (QED) is 0.150. The highest BCUT2D eigenvalue weighted by atomic mass is 15.1. The number of hydrogen-bond acceptors (Lipinski definition) is 1. The molecular weight excluding hydrogens is 775 g/mol. The summed E-state index contributed by atoms with van der Waals surface area (Å²) in [5.41, 5.74) is 19.8. The maximum absolute atomic E-state index is 3.86. The van der Waals surface area contributed by atoms with Gasteiger partial charge in [0.05, 0.1) is 16.7 Å². The van der Waals surface area contributed by atoms with Crippen LogP contribution in [0.15, 0.2) is 243 Å². The molecule has 3 heteroatoms. The molecule has 64 heavy (non-hydrogen) atoms. The van der Waals surface area contributed by atoms with Gasteiger partial charge in [-0.3, -0.25) is 0 Å². The molecule has 0 fully saturated rings. The number of imidazole rings is 1. The fourth-order valence-electron chi connectivity index (χ4n) is 10.4. The van der Waals surface area contributed by atoms with Crippen LogP contribution in [-0.4, -0.2) is 4.57 Å². The van der Waals surface area contributed by atoms with Crippen LogP contribution >= 0.6 is 0 Å². The summed E-state index contributed by atoms with van der Waals surface area (Å²) in [4.78, 5) is 6.35. The Morgan fingerprint density at radius 1 is 0.469 bits per heavy atom. The molecule has 0 amide bonds. The summed E-state index contributed by atoms with van der Waals surface area (Å²) in [6.45, 7) is 0. The maximum Gasteiger partial charge on any atom is 0.293 e. The first-order chi connectivity index (χ1) is 31.8. The molecule has 3 nitrogen and oxygen atoms in total. The summed E-state index contributed by atoms with van der Waals surface area (Å²) in [6, 6.07) is 82.0. The summed E-state index contributed by atoms with van der Waals surface area (Å²) in [6.07, 6.45) is 9.73. The zero-order chi connectivity index (χ0) is 42.5. The van der Waals surface area contributed by atoms with Gasteiger partial charge in [-0.05, 0) is 123 Å². The van der Waals surface area contributed by atoms with Crippen LogP contribution in [0.4, 0.5) is 17.1 Å². The Bertz CT molecular complexity index is 3340. The first-order valence-electron chi connectivity index (χ1n) is 22.2. The molecule has 1 N–H and O–H groups in total. The second-order valence-electron chi connectivity index (χ2n) is 16.7. The van der Waals surface area contributed by atoms with Crippen LogP contribution in [0.1, 0.15) is 33.4 Å². The predicted molar refractivity (Wildman–Crippen MR) is 265 cm³/mol. The Hall–Kier alpha value is -8.27. The Labute approximate surface area is 374 Å². The molecule has 0 unspecified atom stereocenters. The van der Waals surface area contributed by atoms with Crippen molar-refractivity contribution in [2.75, 3.05) is 4.90 Å². The minimum atomic E-state index is -0.528. The standard InChI is InChI=1S/C61H43N3/c1-6-20-43(21-7-1)44-34-36-48(37-35-44)63(49-38-39-52-51-29-16-17-31-55(51)61(56(52)42-49,45-22-8-2-9-23-45)46-24-10-3-11-25-46)58-41-40-54(50-28-14-5-15-30-53(50)58)60-62-57-32-18-19-33-59(57)64(60)47-26-12-4-13-27-47/h1-29,31-42H,30H2/p+1. The largest absolute Gasteiger partial charge is 0.310 e. The van der Waals surface area contributed by atoms with Gasteiger partial charge in [-0.15, -0.1) is 0 Å². The molecule has 2 aliphatic rings. The van der Waals surface area contributed by atoms with E-state index in [1.807, 2.05) is 0 Å². The van der Waals surface area contributed by atoms with Crippen LogP contribution in [0.5, 0.6) is 0 Å². The normalized spacial score (nSPS) is 13.2. The fraction of sp³-hybridized carbons (Fsp3) is 0.0328. The van der Waals surface area contributed by atoms with E-state index in [0.717, 1.165) is 51.6 Å². The third kappa shape index (κ3) is 6.00. The van der Waals surface area contributed by atoms with Crippen molar-refractivity contribution in [1.82, 2.24) is 4.57 Å². The molecule has 0 aliphatic heterocycles.